The molecule has 0 bridgehead atoms. The minimum atomic E-state index is -0.773. The summed E-state index contributed by atoms with van der Waals surface area (Å²) in [5, 5.41) is 0. The standard InChI is InChI=1S/C34H32BrIN2O6S/c1-6-42-33(40)29-20(4)37-34-38(30(29)23-12-13-26(44-19(2)3)27(17-23)41-5)32(39)28(45-34)16-22-14-24(35)31(25(36)15-22)43-18-21-10-8-7-9-11-21/h7-17,19,30H,6,18H2,1-5H3/b28-16-/t30-/m0/s1. The normalized spacial score (nSPS) is 14.7. The topological polar surface area (TPSA) is 88.4 Å². The van der Waals surface area contributed by atoms with E-state index in [9.17, 15) is 9.59 Å². The summed E-state index contributed by atoms with van der Waals surface area (Å²) in [7, 11) is 1.56. The van der Waals surface area contributed by atoms with Crippen LogP contribution in [0.5, 0.6) is 17.2 Å². The predicted octanol–water partition coefficient (Wildman–Crippen LogP) is 6.54. The molecule has 1 atom stereocenters. The Balaban J connectivity index is 1.59. The third kappa shape index (κ3) is 7.20. The lowest BCUT2D eigenvalue weighted by atomic mass is 9.95. The summed E-state index contributed by atoms with van der Waals surface area (Å²) >= 11 is 7.16. The van der Waals surface area contributed by atoms with Crippen LogP contribution in [-0.4, -0.2) is 30.4 Å². The Hall–Kier alpha value is -3.42. The number of carbonyl (C=O) groups excluding carboxylic acids is 1. The molecule has 0 aliphatic carbocycles. The van der Waals surface area contributed by atoms with Gasteiger partial charge in [-0.25, -0.2) is 9.79 Å². The van der Waals surface area contributed by atoms with Crippen molar-refractivity contribution in [2.45, 2.75) is 46.4 Å². The average Bonchev–Trinajstić information content (AvgIpc) is 3.30. The van der Waals surface area contributed by atoms with Crippen molar-refractivity contribution >= 4 is 61.9 Å². The summed E-state index contributed by atoms with van der Waals surface area (Å²) in [5.74, 6) is 1.27. The lowest BCUT2D eigenvalue weighted by Gasteiger charge is -2.25. The molecule has 5 rings (SSSR count). The molecule has 0 spiro atoms. The maximum atomic E-state index is 14.1. The first kappa shape index (κ1) is 33.0. The van der Waals surface area contributed by atoms with Gasteiger partial charge >= 0.3 is 5.97 Å². The van der Waals surface area contributed by atoms with Crippen molar-refractivity contribution in [3.05, 3.63) is 116 Å². The van der Waals surface area contributed by atoms with Crippen molar-refractivity contribution in [2.75, 3.05) is 13.7 Å². The van der Waals surface area contributed by atoms with Gasteiger partial charge in [-0.3, -0.25) is 9.36 Å². The minimum absolute atomic E-state index is 0.0627. The van der Waals surface area contributed by atoms with Gasteiger partial charge in [0.05, 0.1) is 49.7 Å². The van der Waals surface area contributed by atoms with Crippen molar-refractivity contribution in [2.24, 2.45) is 4.99 Å². The van der Waals surface area contributed by atoms with E-state index in [4.69, 9.17) is 18.9 Å². The zero-order valence-corrected chi connectivity index (χ0v) is 30.0. The van der Waals surface area contributed by atoms with Crippen LogP contribution in [0.1, 0.15) is 50.4 Å². The molecule has 0 saturated carbocycles. The smallest absolute Gasteiger partial charge is 0.338 e. The van der Waals surface area contributed by atoms with E-state index < -0.39 is 12.0 Å². The Morgan fingerprint density at radius 1 is 1.13 bits per heavy atom. The van der Waals surface area contributed by atoms with Crippen molar-refractivity contribution in [3.8, 4) is 17.2 Å². The summed E-state index contributed by atoms with van der Waals surface area (Å²) < 4.78 is 26.8. The lowest BCUT2D eigenvalue weighted by Crippen LogP contribution is -2.40. The quantitative estimate of drug-likeness (QED) is 0.134. The maximum Gasteiger partial charge on any atom is 0.338 e. The Morgan fingerprint density at radius 2 is 1.89 bits per heavy atom. The highest BCUT2D eigenvalue weighted by Crippen LogP contribution is 2.37. The Labute approximate surface area is 287 Å². The summed E-state index contributed by atoms with van der Waals surface area (Å²) in [6, 6.07) is 18.5. The molecule has 0 N–H and O–H groups in total. The van der Waals surface area contributed by atoms with Crippen molar-refractivity contribution in [1.29, 1.82) is 0 Å². The van der Waals surface area contributed by atoms with Crippen molar-refractivity contribution < 1.29 is 23.7 Å². The number of carbonyl (C=O) groups is 1. The van der Waals surface area contributed by atoms with E-state index in [-0.39, 0.29) is 18.3 Å². The number of halogens is 2. The number of ether oxygens (including phenoxy) is 4. The van der Waals surface area contributed by atoms with Crippen LogP contribution in [0.3, 0.4) is 0 Å². The fourth-order valence-corrected chi connectivity index (χ4v) is 7.81. The molecule has 0 amide bonds. The second-order valence-corrected chi connectivity index (χ2v) is 13.5. The monoisotopic (exact) mass is 802 g/mol. The number of nitrogens with zero attached hydrogens (tertiary/aromatic N) is 2. The molecule has 8 nitrogen and oxygen atoms in total. The molecule has 0 radical (unpaired) electrons. The number of benzene rings is 3. The van der Waals surface area contributed by atoms with Crippen LogP contribution in [0.25, 0.3) is 6.08 Å². The molecule has 0 unspecified atom stereocenters. The molecule has 2 heterocycles. The van der Waals surface area contributed by atoms with Crippen LogP contribution in [-0.2, 0) is 16.1 Å². The van der Waals surface area contributed by atoms with Crippen molar-refractivity contribution in [3.63, 3.8) is 0 Å². The van der Waals surface area contributed by atoms with E-state index in [0.29, 0.717) is 44.3 Å². The zero-order valence-electron chi connectivity index (χ0n) is 25.4. The number of hydrogen-bond donors (Lipinski definition) is 0. The Bertz CT molecular complexity index is 1930. The predicted molar refractivity (Wildman–Crippen MR) is 187 cm³/mol. The number of methoxy groups -OCH3 is 1. The molecule has 1 aromatic heterocycles. The summed E-state index contributed by atoms with van der Waals surface area (Å²) in [5.41, 5.74) is 3.08. The maximum absolute atomic E-state index is 14.1. The van der Waals surface area contributed by atoms with Gasteiger partial charge < -0.3 is 18.9 Å². The number of thiazole rings is 1. The SMILES string of the molecule is CCOC(=O)C1=C(C)N=c2s/c(=C\c3cc(Br)c(OCc4ccccc4)c(I)c3)c(=O)n2[C@H]1c1ccc(OC(C)C)c(OC)c1. The molecule has 3 aromatic carbocycles. The van der Waals surface area contributed by atoms with Crippen LogP contribution in [0.4, 0.5) is 0 Å². The fraction of sp³-hybridized carbons (Fsp3) is 0.265. The second-order valence-electron chi connectivity index (χ2n) is 10.5. The molecular weight excluding hydrogens is 771 g/mol. The Kier molecular flexibility index (Phi) is 10.5. The number of rotatable bonds is 10. The molecule has 11 heteroatoms. The number of allylic oxidation sites excluding steroid dienone is 1. The second kappa shape index (κ2) is 14.3. The van der Waals surface area contributed by atoms with Gasteiger partial charge in [0.15, 0.2) is 16.3 Å². The molecule has 0 saturated heterocycles. The first-order chi connectivity index (χ1) is 21.6. The van der Waals surface area contributed by atoms with Crippen LogP contribution >= 0.6 is 49.9 Å². The zero-order chi connectivity index (χ0) is 32.2. The summed E-state index contributed by atoms with van der Waals surface area (Å²) in [6.45, 7) is 8.00. The van der Waals surface area contributed by atoms with Gasteiger partial charge in [0.2, 0.25) is 0 Å². The largest absolute Gasteiger partial charge is 0.493 e. The third-order valence-electron chi connectivity index (χ3n) is 6.93. The van der Waals surface area contributed by atoms with Crippen molar-refractivity contribution in [1.82, 2.24) is 4.57 Å². The van der Waals surface area contributed by atoms with E-state index in [1.807, 2.05) is 68.5 Å². The Morgan fingerprint density at radius 3 is 2.56 bits per heavy atom. The van der Waals surface area contributed by atoms with Gasteiger partial charge in [-0.05, 0) is 113 Å². The number of esters is 1. The van der Waals surface area contributed by atoms with E-state index in [1.54, 1.807) is 37.7 Å². The van der Waals surface area contributed by atoms with Crippen LogP contribution in [0, 0.1) is 3.57 Å². The van der Waals surface area contributed by atoms with E-state index >= 15 is 0 Å². The third-order valence-corrected chi connectivity index (χ3v) is 9.30. The van der Waals surface area contributed by atoms with Crippen LogP contribution in [0.15, 0.2) is 86.2 Å². The molecule has 4 aromatic rings. The van der Waals surface area contributed by atoms with Gasteiger partial charge in [-0.15, -0.1) is 0 Å². The van der Waals surface area contributed by atoms with Crippen LogP contribution < -0.4 is 29.1 Å². The summed E-state index contributed by atoms with van der Waals surface area (Å²) in [4.78, 5) is 32.6. The molecular formula is C34H32BrIN2O6S. The van der Waals surface area contributed by atoms with Crippen LogP contribution in [0.2, 0.25) is 0 Å². The molecule has 234 valence electrons. The number of hydrogen-bond acceptors (Lipinski definition) is 8. The van der Waals surface area contributed by atoms with E-state index in [0.717, 1.165) is 24.9 Å². The average molecular weight is 804 g/mol. The number of fused-ring (bicyclic) bond motifs is 1. The molecule has 1 aliphatic rings. The molecule has 0 fully saturated rings. The first-order valence-corrected chi connectivity index (χ1v) is 17.0. The van der Waals surface area contributed by atoms with Gasteiger partial charge in [0, 0.05) is 0 Å². The van der Waals surface area contributed by atoms with E-state index in [2.05, 4.69) is 43.5 Å². The van der Waals surface area contributed by atoms with Gasteiger partial charge in [-0.2, -0.15) is 0 Å². The van der Waals surface area contributed by atoms with Gasteiger partial charge in [0.25, 0.3) is 5.56 Å². The first-order valence-electron chi connectivity index (χ1n) is 14.3. The van der Waals surface area contributed by atoms with E-state index in [1.165, 1.54) is 11.3 Å². The lowest BCUT2D eigenvalue weighted by molar-refractivity contribution is -0.139. The summed E-state index contributed by atoms with van der Waals surface area (Å²) in [6.07, 6.45) is 1.77. The highest BCUT2D eigenvalue weighted by atomic mass is 127. The number of aromatic nitrogens is 1. The molecule has 1 aliphatic heterocycles. The van der Waals surface area contributed by atoms with Gasteiger partial charge in [0.1, 0.15) is 12.4 Å². The minimum Gasteiger partial charge on any atom is -0.493 e. The van der Waals surface area contributed by atoms with Gasteiger partial charge in [-0.1, -0.05) is 47.7 Å². The highest BCUT2D eigenvalue weighted by molar-refractivity contribution is 14.1. The molecule has 45 heavy (non-hydrogen) atoms. The highest BCUT2D eigenvalue weighted by Gasteiger charge is 2.34. The fourth-order valence-electron chi connectivity index (χ4n) is 4.99.